The summed E-state index contributed by atoms with van der Waals surface area (Å²) in [4.78, 5) is 29.2. The van der Waals surface area contributed by atoms with E-state index in [4.69, 9.17) is 5.10 Å². The number of anilines is 1. The fourth-order valence-electron chi connectivity index (χ4n) is 4.58. The van der Waals surface area contributed by atoms with Gasteiger partial charge in [0.1, 0.15) is 23.9 Å². The molecular weight excluding hydrogens is 519 g/mol. The number of nitrogens with one attached hydrogen (secondary N) is 1. The highest BCUT2D eigenvalue weighted by atomic mass is 32.2. The van der Waals surface area contributed by atoms with Gasteiger partial charge < -0.3 is 5.32 Å². The van der Waals surface area contributed by atoms with Gasteiger partial charge in [0.05, 0.1) is 21.6 Å². The minimum Gasteiger partial charge on any atom is -0.352 e. The fraction of sp³-hybridized carbons (Fsp3) is 0.276. The number of thiophene rings is 1. The van der Waals surface area contributed by atoms with Crippen LogP contribution in [0.25, 0.3) is 16.3 Å². The molecule has 196 valence electrons. The van der Waals surface area contributed by atoms with E-state index in [1.54, 1.807) is 22.9 Å². The minimum absolute atomic E-state index is 0.0208. The Bertz CT molecular complexity index is 1470. The highest BCUT2D eigenvalue weighted by Gasteiger charge is 2.38. The number of para-hydroxylation sites is 1. The topological polar surface area (TPSA) is 67.2 Å². The summed E-state index contributed by atoms with van der Waals surface area (Å²) in [6.07, 6.45) is 0.778. The summed E-state index contributed by atoms with van der Waals surface area (Å²) >= 11 is 2.90. The van der Waals surface area contributed by atoms with E-state index in [9.17, 15) is 9.59 Å². The Morgan fingerprint density at radius 1 is 1.16 bits per heavy atom. The molecule has 1 aliphatic rings. The normalized spacial score (nSPS) is 16.2. The number of aromatic nitrogens is 2. The second-order valence-electron chi connectivity index (χ2n) is 9.33. The first-order valence-corrected chi connectivity index (χ1v) is 14.5. The monoisotopic (exact) mass is 548 g/mol. The van der Waals surface area contributed by atoms with Gasteiger partial charge in [-0.25, -0.2) is 9.07 Å². The van der Waals surface area contributed by atoms with Crippen molar-refractivity contribution in [3.05, 3.63) is 88.6 Å². The zero-order chi connectivity index (χ0) is 26.8. The van der Waals surface area contributed by atoms with Gasteiger partial charge in [0, 0.05) is 17.2 Å². The Kier molecular flexibility index (Phi) is 7.67. The number of aryl methyl sites for hydroxylation is 1. The molecule has 2 aromatic heterocycles. The number of thioether (sulfide) groups is 1. The predicted octanol–water partition coefficient (Wildman–Crippen LogP) is 6.13. The molecule has 2 atom stereocenters. The van der Waals surface area contributed by atoms with Crippen LogP contribution in [0.5, 0.6) is 0 Å². The molecule has 2 aromatic carbocycles. The molecule has 0 bridgehead atoms. The Morgan fingerprint density at radius 2 is 1.92 bits per heavy atom. The first kappa shape index (κ1) is 26.2. The molecule has 1 N–H and O–H groups in total. The molecule has 0 unspecified atom stereocenters. The van der Waals surface area contributed by atoms with Crippen molar-refractivity contribution in [2.24, 2.45) is 0 Å². The molecule has 6 nitrogen and oxygen atoms in total. The molecule has 0 saturated carbocycles. The third-order valence-corrected chi connectivity index (χ3v) is 8.81. The van der Waals surface area contributed by atoms with E-state index in [0.717, 1.165) is 28.1 Å². The Balaban J connectivity index is 1.79. The summed E-state index contributed by atoms with van der Waals surface area (Å²) in [5.74, 6) is -0.204. The number of amides is 2. The maximum Gasteiger partial charge on any atom is 0.240 e. The number of carbonyl (C=O) groups is 2. The maximum atomic E-state index is 15.3. The Labute approximate surface area is 229 Å². The molecule has 38 heavy (non-hydrogen) atoms. The number of benzene rings is 2. The molecule has 0 radical (unpaired) electrons. The van der Waals surface area contributed by atoms with Crippen LogP contribution in [0, 0.1) is 12.7 Å². The SMILES string of the molecule is CC[C@@H](C)NC(=O)CN1C(=O)CS[C@@H](c2ccccc2F)c2c(-c3cccs3)nn(-c3ccccc3C)c21. The Hall–Kier alpha value is -3.43. The number of halogens is 1. The predicted molar refractivity (Wildman–Crippen MR) is 153 cm³/mol. The number of hydrogen-bond donors (Lipinski definition) is 1. The van der Waals surface area contributed by atoms with Gasteiger partial charge >= 0.3 is 0 Å². The minimum atomic E-state index is -0.493. The van der Waals surface area contributed by atoms with E-state index in [0.29, 0.717) is 17.1 Å². The van der Waals surface area contributed by atoms with Crippen molar-refractivity contribution in [1.82, 2.24) is 15.1 Å². The third-order valence-electron chi connectivity index (χ3n) is 6.70. The van der Waals surface area contributed by atoms with Gasteiger partial charge in [-0.1, -0.05) is 49.4 Å². The maximum absolute atomic E-state index is 15.3. The standard InChI is InChI=1S/C29H29FN4O2S2/c1-4-19(3)31-24(35)16-33-25(36)17-38-28(20-11-6-7-12-21(20)30)26-27(23-14-9-15-37-23)32-34(29(26)33)22-13-8-5-10-18(22)2/h5-15,19,28H,4,16-17H2,1-3H3,(H,31,35)/t19-,28+/m1/s1. The van der Waals surface area contributed by atoms with E-state index >= 15 is 4.39 Å². The third kappa shape index (κ3) is 5.00. The molecule has 0 spiro atoms. The molecule has 3 heterocycles. The van der Waals surface area contributed by atoms with Gasteiger partial charge in [-0.2, -0.15) is 5.10 Å². The van der Waals surface area contributed by atoms with Crippen molar-refractivity contribution in [3.8, 4) is 16.3 Å². The van der Waals surface area contributed by atoms with E-state index in [1.807, 2.05) is 62.5 Å². The lowest BCUT2D eigenvalue weighted by atomic mass is 10.0. The van der Waals surface area contributed by atoms with Gasteiger partial charge in [0.15, 0.2) is 0 Å². The van der Waals surface area contributed by atoms with Crippen LogP contribution in [0.1, 0.15) is 42.2 Å². The highest BCUT2D eigenvalue weighted by molar-refractivity contribution is 8.00. The van der Waals surface area contributed by atoms with Gasteiger partial charge in [-0.3, -0.25) is 14.5 Å². The van der Waals surface area contributed by atoms with Crippen LogP contribution >= 0.6 is 23.1 Å². The van der Waals surface area contributed by atoms with Crippen molar-refractivity contribution in [2.75, 3.05) is 17.2 Å². The van der Waals surface area contributed by atoms with E-state index in [2.05, 4.69) is 5.32 Å². The summed E-state index contributed by atoms with van der Waals surface area (Å²) in [5.41, 5.74) is 3.66. The summed E-state index contributed by atoms with van der Waals surface area (Å²) in [5, 5.41) is 9.50. The van der Waals surface area contributed by atoms with Crippen LogP contribution in [-0.4, -0.2) is 39.9 Å². The van der Waals surface area contributed by atoms with Crippen LogP contribution in [0.4, 0.5) is 10.2 Å². The fourth-order valence-corrected chi connectivity index (χ4v) is 6.53. The molecule has 2 amide bonds. The lowest BCUT2D eigenvalue weighted by Gasteiger charge is -2.24. The van der Waals surface area contributed by atoms with Crippen LogP contribution in [-0.2, 0) is 9.59 Å². The van der Waals surface area contributed by atoms with Crippen molar-refractivity contribution in [3.63, 3.8) is 0 Å². The lowest BCUT2D eigenvalue weighted by Crippen LogP contribution is -2.44. The largest absolute Gasteiger partial charge is 0.352 e. The Morgan fingerprint density at radius 3 is 2.63 bits per heavy atom. The number of carbonyl (C=O) groups excluding carboxylic acids is 2. The molecule has 1 aliphatic heterocycles. The van der Waals surface area contributed by atoms with Crippen LogP contribution in [0.3, 0.4) is 0 Å². The number of nitrogens with zero attached hydrogens (tertiary/aromatic N) is 3. The second-order valence-corrected chi connectivity index (χ2v) is 11.4. The molecule has 4 aromatic rings. The van der Waals surface area contributed by atoms with E-state index in [1.165, 1.54) is 34.1 Å². The molecule has 5 rings (SSSR count). The zero-order valence-corrected chi connectivity index (χ0v) is 23.1. The summed E-state index contributed by atoms with van der Waals surface area (Å²) in [6.45, 7) is 5.76. The smallest absolute Gasteiger partial charge is 0.240 e. The molecule has 9 heteroatoms. The molecular formula is C29H29FN4O2S2. The van der Waals surface area contributed by atoms with Gasteiger partial charge in [0.2, 0.25) is 11.8 Å². The highest BCUT2D eigenvalue weighted by Crippen LogP contribution is 2.49. The van der Waals surface area contributed by atoms with Crippen LogP contribution in [0.15, 0.2) is 66.0 Å². The average molecular weight is 549 g/mol. The van der Waals surface area contributed by atoms with Gasteiger partial charge in [0.25, 0.3) is 0 Å². The van der Waals surface area contributed by atoms with Crippen LogP contribution < -0.4 is 10.2 Å². The van der Waals surface area contributed by atoms with Crippen molar-refractivity contribution in [2.45, 2.75) is 38.5 Å². The first-order chi connectivity index (χ1) is 18.4. The van der Waals surface area contributed by atoms with Crippen molar-refractivity contribution >= 4 is 40.7 Å². The van der Waals surface area contributed by atoms with E-state index < -0.39 is 5.25 Å². The lowest BCUT2D eigenvalue weighted by molar-refractivity contribution is -0.123. The van der Waals surface area contributed by atoms with E-state index in [-0.39, 0.29) is 36.0 Å². The second kappa shape index (κ2) is 11.1. The first-order valence-electron chi connectivity index (χ1n) is 12.6. The van der Waals surface area contributed by atoms with Crippen molar-refractivity contribution in [1.29, 1.82) is 0 Å². The van der Waals surface area contributed by atoms with Crippen molar-refractivity contribution < 1.29 is 14.0 Å². The summed E-state index contributed by atoms with van der Waals surface area (Å²) in [6, 6.07) is 18.4. The quantitative estimate of drug-likeness (QED) is 0.302. The van der Waals surface area contributed by atoms with Gasteiger partial charge in [-0.05, 0) is 49.4 Å². The number of rotatable bonds is 7. The summed E-state index contributed by atoms with van der Waals surface area (Å²) in [7, 11) is 0. The molecule has 0 fully saturated rings. The molecule has 0 saturated heterocycles. The van der Waals surface area contributed by atoms with Crippen LogP contribution in [0.2, 0.25) is 0 Å². The van der Waals surface area contributed by atoms with Gasteiger partial charge in [-0.15, -0.1) is 23.1 Å². The average Bonchev–Trinajstić information content (AvgIpc) is 3.54. The zero-order valence-electron chi connectivity index (χ0n) is 21.5. The molecule has 0 aliphatic carbocycles. The summed E-state index contributed by atoms with van der Waals surface area (Å²) < 4.78 is 17.0. The number of fused-ring (bicyclic) bond motifs is 1. The number of hydrogen-bond acceptors (Lipinski definition) is 5.